The molecule has 2 aromatic carbocycles. The Hall–Kier alpha value is -4.46. The maximum absolute atomic E-state index is 12.4. The molecule has 2 amide bonds. The molecule has 0 saturated carbocycles. The highest BCUT2D eigenvalue weighted by Crippen LogP contribution is 2.18. The molecule has 0 radical (unpaired) electrons. The largest absolute Gasteiger partial charge is 0.397 e. The predicted octanol–water partition coefficient (Wildman–Crippen LogP) is 2.89. The molecule has 0 saturated heterocycles. The zero-order chi connectivity index (χ0) is 21.6. The van der Waals surface area contributed by atoms with E-state index in [1.54, 1.807) is 77.6 Å². The number of rotatable bonds is 6. The van der Waals surface area contributed by atoms with Crippen LogP contribution in [0.1, 0.15) is 21.6 Å². The maximum Gasteiger partial charge on any atom is 0.255 e. The molecule has 0 atom stereocenters. The molecule has 0 aliphatic heterocycles. The molecule has 4 aromatic rings. The van der Waals surface area contributed by atoms with Crippen LogP contribution >= 0.6 is 0 Å². The van der Waals surface area contributed by atoms with Crippen molar-refractivity contribution in [3.05, 3.63) is 96.0 Å². The first kappa shape index (κ1) is 19.8. The Morgan fingerprint density at radius 1 is 1.03 bits per heavy atom. The summed E-state index contributed by atoms with van der Waals surface area (Å²) in [6.07, 6.45) is 6.40. The molecule has 4 rings (SSSR count). The second kappa shape index (κ2) is 8.91. The number of imidazole rings is 1. The van der Waals surface area contributed by atoms with E-state index in [9.17, 15) is 9.59 Å². The van der Waals surface area contributed by atoms with Gasteiger partial charge < -0.3 is 16.4 Å². The van der Waals surface area contributed by atoms with Gasteiger partial charge in [0.2, 0.25) is 5.91 Å². The predicted molar refractivity (Wildman–Crippen MR) is 119 cm³/mol. The number of aromatic nitrogens is 3. The van der Waals surface area contributed by atoms with Crippen molar-refractivity contribution in [1.82, 2.24) is 19.9 Å². The van der Waals surface area contributed by atoms with E-state index in [0.29, 0.717) is 34.8 Å². The minimum absolute atomic E-state index is 0.243. The van der Waals surface area contributed by atoms with Crippen LogP contribution in [-0.4, -0.2) is 26.4 Å². The highest BCUT2D eigenvalue weighted by atomic mass is 16.2. The Kier molecular flexibility index (Phi) is 5.70. The van der Waals surface area contributed by atoms with Gasteiger partial charge in [-0.05, 0) is 48.0 Å². The fourth-order valence-corrected chi connectivity index (χ4v) is 2.95. The fraction of sp³-hybridized carbons (Fsp3) is 0.0435. The summed E-state index contributed by atoms with van der Waals surface area (Å²) in [6, 6.07) is 17.7. The zero-order valence-corrected chi connectivity index (χ0v) is 16.5. The van der Waals surface area contributed by atoms with E-state index < -0.39 is 0 Å². The normalized spacial score (nSPS) is 11.0. The molecule has 8 heteroatoms. The lowest BCUT2D eigenvalue weighted by molar-refractivity contribution is -0.116. The van der Waals surface area contributed by atoms with Crippen molar-refractivity contribution in [2.75, 3.05) is 11.1 Å². The van der Waals surface area contributed by atoms with Gasteiger partial charge in [-0.3, -0.25) is 9.59 Å². The van der Waals surface area contributed by atoms with Gasteiger partial charge in [0.25, 0.3) is 5.91 Å². The molecule has 154 valence electrons. The van der Waals surface area contributed by atoms with Crippen LogP contribution in [0.15, 0.2) is 79.1 Å². The van der Waals surface area contributed by atoms with E-state index >= 15 is 0 Å². The van der Waals surface area contributed by atoms with E-state index in [1.807, 2.05) is 6.07 Å². The lowest BCUT2D eigenvalue weighted by Gasteiger charge is -2.08. The van der Waals surface area contributed by atoms with E-state index in [-0.39, 0.29) is 11.8 Å². The van der Waals surface area contributed by atoms with Gasteiger partial charge in [-0.1, -0.05) is 24.3 Å². The lowest BCUT2D eigenvalue weighted by atomic mass is 10.1. The average Bonchev–Trinajstić information content (AvgIpc) is 3.21. The summed E-state index contributed by atoms with van der Waals surface area (Å²) < 4.78 is 1.65. The first-order valence-electron chi connectivity index (χ1n) is 9.59. The van der Waals surface area contributed by atoms with Gasteiger partial charge in [0, 0.05) is 24.4 Å². The van der Waals surface area contributed by atoms with Crippen LogP contribution < -0.4 is 16.4 Å². The van der Waals surface area contributed by atoms with Gasteiger partial charge in [0.05, 0.1) is 23.3 Å². The Morgan fingerprint density at radius 3 is 2.65 bits per heavy atom. The maximum atomic E-state index is 12.4. The molecule has 8 nitrogen and oxygen atoms in total. The number of para-hydroxylation sites is 2. The SMILES string of the molecule is Nc1ccccc1NC(=O)c1ccc(CNC(=O)/C=C/c2cnc3cccnn23)cc1. The third-order valence-corrected chi connectivity index (χ3v) is 4.60. The number of hydrogen-bond acceptors (Lipinski definition) is 5. The molecular formula is C23H20N6O2. The number of nitrogens with one attached hydrogen (secondary N) is 2. The van der Waals surface area contributed by atoms with Crippen LogP contribution in [0.3, 0.4) is 0 Å². The number of carbonyl (C=O) groups excluding carboxylic acids is 2. The van der Waals surface area contributed by atoms with Gasteiger partial charge in [0.15, 0.2) is 5.65 Å². The average molecular weight is 412 g/mol. The van der Waals surface area contributed by atoms with Crippen molar-refractivity contribution >= 4 is 34.9 Å². The lowest BCUT2D eigenvalue weighted by Crippen LogP contribution is -2.20. The third-order valence-electron chi connectivity index (χ3n) is 4.60. The third kappa shape index (κ3) is 4.76. The van der Waals surface area contributed by atoms with Gasteiger partial charge in [-0.25, -0.2) is 9.50 Å². The summed E-state index contributed by atoms with van der Waals surface area (Å²) in [7, 11) is 0. The number of nitrogens with two attached hydrogens (primary N) is 1. The van der Waals surface area contributed by atoms with Crippen molar-refractivity contribution in [3.63, 3.8) is 0 Å². The second-order valence-corrected chi connectivity index (χ2v) is 6.77. The zero-order valence-electron chi connectivity index (χ0n) is 16.5. The summed E-state index contributed by atoms with van der Waals surface area (Å²) in [5.74, 6) is -0.495. The van der Waals surface area contributed by atoms with E-state index in [0.717, 1.165) is 5.56 Å². The number of benzene rings is 2. The number of carbonyl (C=O) groups is 2. The Balaban J connectivity index is 1.32. The van der Waals surface area contributed by atoms with Crippen molar-refractivity contribution in [1.29, 1.82) is 0 Å². The summed E-state index contributed by atoms with van der Waals surface area (Å²) >= 11 is 0. The van der Waals surface area contributed by atoms with Crippen LogP contribution in [0.25, 0.3) is 11.7 Å². The van der Waals surface area contributed by atoms with E-state index in [1.165, 1.54) is 6.08 Å². The van der Waals surface area contributed by atoms with E-state index in [2.05, 4.69) is 20.7 Å². The summed E-state index contributed by atoms with van der Waals surface area (Å²) in [5.41, 5.74) is 9.71. The van der Waals surface area contributed by atoms with Gasteiger partial charge in [0.1, 0.15) is 0 Å². The summed E-state index contributed by atoms with van der Waals surface area (Å²) in [5, 5.41) is 9.79. The quantitative estimate of drug-likeness (QED) is 0.333. The number of nitrogens with zero attached hydrogens (tertiary/aromatic N) is 3. The summed E-state index contributed by atoms with van der Waals surface area (Å²) in [4.78, 5) is 28.7. The molecule has 2 heterocycles. The minimum atomic E-state index is -0.252. The fourth-order valence-electron chi connectivity index (χ4n) is 2.95. The Bertz CT molecular complexity index is 1260. The van der Waals surface area contributed by atoms with Crippen LogP contribution in [-0.2, 0) is 11.3 Å². The first-order valence-corrected chi connectivity index (χ1v) is 9.59. The first-order chi connectivity index (χ1) is 15.1. The Labute approximate surface area is 178 Å². The molecule has 0 aliphatic carbocycles. The topological polar surface area (TPSA) is 114 Å². The number of amides is 2. The number of hydrogen-bond donors (Lipinski definition) is 3. The highest BCUT2D eigenvalue weighted by Gasteiger charge is 2.08. The van der Waals surface area contributed by atoms with Crippen molar-refractivity contribution in [2.24, 2.45) is 0 Å². The van der Waals surface area contributed by atoms with Crippen LogP contribution in [0.4, 0.5) is 11.4 Å². The summed E-state index contributed by atoms with van der Waals surface area (Å²) in [6.45, 7) is 0.335. The van der Waals surface area contributed by atoms with Crippen molar-refractivity contribution in [3.8, 4) is 0 Å². The number of anilines is 2. The molecule has 0 spiro atoms. The monoisotopic (exact) mass is 412 g/mol. The van der Waals surface area contributed by atoms with Crippen LogP contribution in [0.5, 0.6) is 0 Å². The smallest absolute Gasteiger partial charge is 0.255 e. The van der Waals surface area contributed by atoms with E-state index in [4.69, 9.17) is 5.73 Å². The van der Waals surface area contributed by atoms with Crippen LogP contribution in [0.2, 0.25) is 0 Å². The van der Waals surface area contributed by atoms with Crippen molar-refractivity contribution in [2.45, 2.75) is 6.54 Å². The van der Waals surface area contributed by atoms with Gasteiger partial charge >= 0.3 is 0 Å². The number of nitrogen functional groups attached to an aromatic ring is 1. The molecule has 31 heavy (non-hydrogen) atoms. The molecule has 4 N–H and O–H groups in total. The standard InChI is InChI=1S/C23H20N6O2/c24-19-4-1-2-5-20(19)28-23(31)17-9-7-16(8-10-17)14-26-22(30)12-11-18-15-25-21-6-3-13-27-29(18)21/h1-13,15H,14,24H2,(H,26,30)(H,28,31)/b12-11+. The minimum Gasteiger partial charge on any atom is -0.397 e. The van der Waals surface area contributed by atoms with Gasteiger partial charge in [-0.2, -0.15) is 5.10 Å². The van der Waals surface area contributed by atoms with Crippen LogP contribution in [0, 0.1) is 0 Å². The Morgan fingerprint density at radius 2 is 1.84 bits per heavy atom. The molecule has 0 unspecified atom stereocenters. The highest BCUT2D eigenvalue weighted by molar-refractivity contribution is 6.05. The molecule has 0 bridgehead atoms. The second-order valence-electron chi connectivity index (χ2n) is 6.77. The molecule has 0 fully saturated rings. The molecular weight excluding hydrogens is 392 g/mol. The molecule has 2 aromatic heterocycles. The van der Waals surface area contributed by atoms with Gasteiger partial charge in [-0.15, -0.1) is 0 Å². The van der Waals surface area contributed by atoms with Crippen molar-refractivity contribution < 1.29 is 9.59 Å². The molecule has 0 aliphatic rings. The number of fused-ring (bicyclic) bond motifs is 1.